The van der Waals surface area contributed by atoms with Crippen molar-refractivity contribution in [1.82, 2.24) is 5.32 Å². The van der Waals surface area contributed by atoms with Crippen LogP contribution < -0.4 is 5.32 Å². The number of carbonyl (C=O) groups excluding carboxylic acids is 1. The predicted molar refractivity (Wildman–Crippen MR) is 71.5 cm³/mol. The maximum Gasteiger partial charge on any atom is 0.323 e. The van der Waals surface area contributed by atoms with Gasteiger partial charge in [0, 0.05) is 0 Å². The fourth-order valence-corrected chi connectivity index (χ4v) is 1.87. The van der Waals surface area contributed by atoms with E-state index in [-0.39, 0.29) is 12.0 Å². The number of ether oxygens (including phenoxy) is 1. The van der Waals surface area contributed by atoms with Gasteiger partial charge in [0.25, 0.3) is 0 Å². The van der Waals surface area contributed by atoms with E-state index in [0.29, 0.717) is 13.0 Å². The molecule has 1 aromatic carbocycles. The molecule has 0 radical (unpaired) electrons. The van der Waals surface area contributed by atoms with Gasteiger partial charge in [-0.2, -0.15) is 0 Å². The van der Waals surface area contributed by atoms with Gasteiger partial charge in [-0.15, -0.1) is 0 Å². The van der Waals surface area contributed by atoms with Crippen LogP contribution in [0, 0.1) is 0 Å². The van der Waals surface area contributed by atoms with Gasteiger partial charge in [-0.05, 0) is 24.1 Å². The van der Waals surface area contributed by atoms with Gasteiger partial charge in [0.15, 0.2) is 0 Å². The molecule has 0 saturated heterocycles. The summed E-state index contributed by atoms with van der Waals surface area (Å²) in [7, 11) is 1.40. The van der Waals surface area contributed by atoms with E-state index >= 15 is 0 Å². The third-order valence-corrected chi connectivity index (χ3v) is 2.87. The van der Waals surface area contributed by atoms with Crippen LogP contribution in [0.1, 0.15) is 11.3 Å². The summed E-state index contributed by atoms with van der Waals surface area (Å²) in [6, 6.07) is 13.2. The Hall–Kier alpha value is -2.07. The molecule has 1 atom stereocenters. The van der Waals surface area contributed by atoms with E-state index < -0.39 is 0 Å². The number of hydrogen-bond acceptors (Lipinski definition) is 4. The molecule has 1 aromatic heterocycles. The van der Waals surface area contributed by atoms with Crippen LogP contribution in [-0.4, -0.2) is 19.1 Å². The Kier molecular flexibility index (Phi) is 4.75. The lowest BCUT2D eigenvalue weighted by Gasteiger charge is -2.15. The number of hydrogen-bond donors (Lipinski definition) is 1. The van der Waals surface area contributed by atoms with E-state index in [9.17, 15) is 4.79 Å². The molecule has 0 unspecified atom stereocenters. The maximum atomic E-state index is 11.8. The van der Waals surface area contributed by atoms with Crippen molar-refractivity contribution in [2.75, 3.05) is 7.11 Å². The molecule has 2 rings (SSSR count). The van der Waals surface area contributed by atoms with Crippen LogP contribution in [0.5, 0.6) is 0 Å². The molecule has 0 aliphatic rings. The second kappa shape index (κ2) is 6.75. The molecule has 0 aliphatic carbocycles. The summed E-state index contributed by atoms with van der Waals surface area (Å²) in [6.07, 6.45) is 2.20. The number of benzene rings is 1. The molecule has 0 saturated carbocycles. The van der Waals surface area contributed by atoms with Crippen LogP contribution >= 0.6 is 0 Å². The van der Waals surface area contributed by atoms with E-state index in [4.69, 9.17) is 9.15 Å². The Bertz CT molecular complexity index is 493. The van der Waals surface area contributed by atoms with Gasteiger partial charge in [-0.1, -0.05) is 30.3 Å². The SMILES string of the molecule is COC(=O)[C@@H](Cc1ccccc1)NCc1ccco1. The molecule has 0 amide bonds. The molecule has 0 spiro atoms. The van der Waals surface area contributed by atoms with Crippen molar-refractivity contribution < 1.29 is 13.9 Å². The number of methoxy groups -OCH3 is 1. The summed E-state index contributed by atoms with van der Waals surface area (Å²) in [5, 5.41) is 3.15. The molecule has 19 heavy (non-hydrogen) atoms. The van der Waals surface area contributed by atoms with E-state index in [0.717, 1.165) is 11.3 Å². The molecule has 2 aromatic rings. The Balaban J connectivity index is 1.97. The molecule has 0 bridgehead atoms. The fraction of sp³-hybridized carbons (Fsp3) is 0.267. The van der Waals surface area contributed by atoms with Gasteiger partial charge in [-0.3, -0.25) is 10.1 Å². The van der Waals surface area contributed by atoms with Crippen molar-refractivity contribution in [3.05, 3.63) is 60.1 Å². The monoisotopic (exact) mass is 259 g/mol. The lowest BCUT2D eigenvalue weighted by Crippen LogP contribution is -2.38. The van der Waals surface area contributed by atoms with Gasteiger partial charge >= 0.3 is 5.97 Å². The lowest BCUT2D eigenvalue weighted by molar-refractivity contribution is -0.143. The molecule has 1 N–H and O–H groups in total. The standard InChI is InChI=1S/C15H17NO3/c1-18-15(17)14(10-12-6-3-2-4-7-12)16-11-13-8-5-9-19-13/h2-9,14,16H,10-11H2,1H3/t14-/m1/s1. The van der Waals surface area contributed by atoms with E-state index in [1.807, 2.05) is 42.5 Å². The first-order valence-corrected chi connectivity index (χ1v) is 6.17. The maximum absolute atomic E-state index is 11.8. The number of esters is 1. The van der Waals surface area contributed by atoms with Gasteiger partial charge < -0.3 is 9.15 Å². The highest BCUT2D eigenvalue weighted by Crippen LogP contribution is 2.06. The Morgan fingerprint density at radius 2 is 2.05 bits per heavy atom. The number of nitrogens with one attached hydrogen (secondary N) is 1. The molecular weight excluding hydrogens is 242 g/mol. The largest absolute Gasteiger partial charge is 0.468 e. The Labute approximate surface area is 112 Å². The van der Waals surface area contributed by atoms with E-state index in [2.05, 4.69) is 5.32 Å². The first-order valence-electron chi connectivity index (χ1n) is 6.17. The average Bonchev–Trinajstić information content (AvgIpc) is 2.97. The van der Waals surface area contributed by atoms with Crippen molar-refractivity contribution in [2.24, 2.45) is 0 Å². The second-order valence-electron chi connectivity index (χ2n) is 4.23. The molecule has 4 heteroatoms. The van der Waals surface area contributed by atoms with Crippen LogP contribution in [0.2, 0.25) is 0 Å². The van der Waals surface area contributed by atoms with Gasteiger partial charge in [-0.25, -0.2) is 0 Å². The van der Waals surface area contributed by atoms with Gasteiger partial charge in [0.2, 0.25) is 0 Å². The first kappa shape index (κ1) is 13.4. The summed E-state index contributed by atoms with van der Waals surface area (Å²) < 4.78 is 10.1. The van der Waals surface area contributed by atoms with E-state index in [1.165, 1.54) is 7.11 Å². The minimum Gasteiger partial charge on any atom is -0.468 e. The normalized spacial score (nSPS) is 12.1. The van der Waals surface area contributed by atoms with Crippen molar-refractivity contribution >= 4 is 5.97 Å². The van der Waals surface area contributed by atoms with Crippen LogP contribution in [0.4, 0.5) is 0 Å². The quantitative estimate of drug-likeness (QED) is 0.808. The average molecular weight is 259 g/mol. The van der Waals surface area contributed by atoms with Crippen molar-refractivity contribution in [2.45, 2.75) is 19.0 Å². The van der Waals surface area contributed by atoms with Crippen molar-refractivity contribution in [3.8, 4) is 0 Å². The second-order valence-corrected chi connectivity index (χ2v) is 4.23. The van der Waals surface area contributed by atoms with Gasteiger partial charge in [0.05, 0.1) is 19.9 Å². The minimum absolute atomic E-state index is 0.268. The van der Waals surface area contributed by atoms with Gasteiger partial charge in [0.1, 0.15) is 11.8 Å². The number of carbonyl (C=O) groups is 1. The minimum atomic E-state index is -0.377. The third-order valence-electron chi connectivity index (χ3n) is 2.87. The van der Waals surface area contributed by atoms with Crippen LogP contribution in [0.3, 0.4) is 0 Å². The van der Waals surface area contributed by atoms with Crippen LogP contribution in [0.15, 0.2) is 53.1 Å². The first-order chi connectivity index (χ1) is 9.29. The zero-order chi connectivity index (χ0) is 13.5. The summed E-state index contributed by atoms with van der Waals surface area (Å²) in [6.45, 7) is 0.500. The summed E-state index contributed by atoms with van der Waals surface area (Å²) >= 11 is 0. The number of furan rings is 1. The smallest absolute Gasteiger partial charge is 0.323 e. The molecule has 0 aliphatic heterocycles. The summed E-state index contributed by atoms with van der Waals surface area (Å²) in [5.74, 6) is 0.525. The van der Waals surface area contributed by atoms with E-state index in [1.54, 1.807) is 6.26 Å². The Morgan fingerprint density at radius 1 is 1.26 bits per heavy atom. The topological polar surface area (TPSA) is 51.5 Å². The fourth-order valence-electron chi connectivity index (χ4n) is 1.87. The summed E-state index contributed by atoms with van der Waals surface area (Å²) in [4.78, 5) is 11.8. The number of rotatable bonds is 6. The zero-order valence-electron chi connectivity index (χ0n) is 10.8. The molecule has 4 nitrogen and oxygen atoms in total. The third kappa shape index (κ3) is 3.96. The predicted octanol–water partition coefficient (Wildman–Crippen LogP) is 2.15. The highest BCUT2D eigenvalue weighted by molar-refractivity contribution is 5.76. The molecule has 0 fully saturated rings. The summed E-state index contributed by atoms with van der Waals surface area (Å²) in [5.41, 5.74) is 1.09. The van der Waals surface area contributed by atoms with Crippen molar-refractivity contribution in [1.29, 1.82) is 0 Å². The highest BCUT2D eigenvalue weighted by Gasteiger charge is 2.19. The molecule has 1 heterocycles. The Morgan fingerprint density at radius 3 is 2.68 bits per heavy atom. The molecular formula is C15H17NO3. The van der Waals surface area contributed by atoms with Crippen molar-refractivity contribution in [3.63, 3.8) is 0 Å². The van der Waals surface area contributed by atoms with Crippen LogP contribution in [0.25, 0.3) is 0 Å². The lowest BCUT2D eigenvalue weighted by atomic mass is 10.1. The highest BCUT2D eigenvalue weighted by atomic mass is 16.5. The van der Waals surface area contributed by atoms with Crippen LogP contribution in [-0.2, 0) is 22.5 Å². The molecule has 100 valence electrons. The zero-order valence-corrected chi connectivity index (χ0v) is 10.8.